The van der Waals surface area contributed by atoms with Crippen LogP contribution in [0.5, 0.6) is 0 Å². The van der Waals surface area contributed by atoms with Gasteiger partial charge in [-0.1, -0.05) is 25.3 Å². The SMILES string of the molecule is C=C(C)/C(F)=C(/F)C(=C)CCc1cc2c(c(F)c1F)-c1c(cc(C)c(F)c1F)C2. The van der Waals surface area contributed by atoms with Crippen molar-refractivity contribution in [3.63, 3.8) is 0 Å². The lowest BCUT2D eigenvalue weighted by molar-refractivity contribution is 0.493. The van der Waals surface area contributed by atoms with E-state index in [2.05, 4.69) is 13.2 Å². The van der Waals surface area contributed by atoms with E-state index in [0.29, 0.717) is 11.1 Å². The molecular weight excluding hydrogens is 390 g/mol. The first-order chi connectivity index (χ1) is 13.5. The number of halogens is 6. The van der Waals surface area contributed by atoms with Crippen LogP contribution in [0.2, 0.25) is 0 Å². The summed E-state index contributed by atoms with van der Waals surface area (Å²) in [5.74, 6) is -7.14. The molecule has 6 heteroatoms. The van der Waals surface area contributed by atoms with Crippen LogP contribution in [0.15, 0.2) is 48.1 Å². The van der Waals surface area contributed by atoms with Crippen molar-refractivity contribution in [2.75, 3.05) is 0 Å². The van der Waals surface area contributed by atoms with Gasteiger partial charge in [0.1, 0.15) is 0 Å². The molecule has 0 spiro atoms. The molecule has 2 aromatic carbocycles. The van der Waals surface area contributed by atoms with Crippen molar-refractivity contribution in [1.29, 1.82) is 0 Å². The summed E-state index contributed by atoms with van der Waals surface area (Å²) in [6.07, 6.45) is -0.179. The van der Waals surface area contributed by atoms with Gasteiger partial charge in [0.15, 0.2) is 34.9 Å². The summed E-state index contributed by atoms with van der Waals surface area (Å²) in [6, 6.07) is 2.76. The molecule has 0 atom stereocenters. The van der Waals surface area contributed by atoms with E-state index in [0.717, 1.165) is 0 Å². The fourth-order valence-corrected chi connectivity index (χ4v) is 3.50. The Morgan fingerprint density at radius 1 is 0.862 bits per heavy atom. The van der Waals surface area contributed by atoms with Crippen LogP contribution in [0.3, 0.4) is 0 Å². The number of rotatable bonds is 5. The van der Waals surface area contributed by atoms with Crippen molar-refractivity contribution in [2.24, 2.45) is 0 Å². The quantitative estimate of drug-likeness (QED) is 0.306. The van der Waals surface area contributed by atoms with Crippen molar-refractivity contribution in [2.45, 2.75) is 33.1 Å². The minimum atomic E-state index is -1.28. The molecule has 2 aromatic rings. The Morgan fingerprint density at radius 2 is 1.41 bits per heavy atom. The maximum atomic E-state index is 14.7. The predicted molar refractivity (Wildman–Crippen MR) is 101 cm³/mol. The molecule has 0 amide bonds. The van der Waals surface area contributed by atoms with E-state index in [4.69, 9.17) is 0 Å². The van der Waals surface area contributed by atoms with Crippen molar-refractivity contribution >= 4 is 0 Å². The largest absolute Gasteiger partial charge is 0.203 e. The number of benzene rings is 2. The molecule has 29 heavy (non-hydrogen) atoms. The third-order valence-corrected chi connectivity index (χ3v) is 5.04. The fraction of sp³-hybridized carbons (Fsp3) is 0.217. The highest BCUT2D eigenvalue weighted by Crippen LogP contribution is 2.43. The van der Waals surface area contributed by atoms with Crippen LogP contribution in [0.25, 0.3) is 11.1 Å². The Hall–Kier alpha value is -2.76. The Labute approximate surface area is 164 Å². The zero-order chi connectivity index (χ0) is 21.6. The van der Waals surface area contributed by atoms with Crippen LogP contribution in [0.4, 0.5) is 26.3 Å². The van der Waals surface area contributed by atoms with Crippen molar-refractivity contribution in [1.82, 2.24) is 0 Å². The van der Waals surface area contributed by atoms with Crippen molar-refractivity contribution < 1.29 is 26.3 Å². The highest BCUT2D eigenvalue weighted by Gasteiger charge is 2.31. The van der Waals surface area contributed by atoms with Gasteiger partial charge < -0.3 is 0 Å². The smallest absolute Gasteiger partial charge is 0.167 e. The van der Waals surface area contributed by atoms with Crippen LogP contribution < -0.4 is 0 Å². The average molecular weight is 408 g/mol. The van der Waals surface area contributed by atoms with Gasteiger partial charge in [-0.05, 0) is 66.5 Å². The Kier molecular flexibility index (Phi) is 5.48. The topological polar surface area (TPSA) is 0 Å². The minimum absolute atomic E-state index is 0.0728. The van der Waals surface area contributed by atoms with Gasteiger partial charge in [0.05, 0.1) is 0 Å². The molecule has 0 N–H and O–H groups in total. The molecule has 0 bridgehead atoms. The third kappa shape index (κ3) is 3.52. The molecule has 1 aliphatic carbocycles. The first-order valence-electron chi connectivity index (χ1n) is 8.91. The van der Waals surface area contributed by atoms with Gasteiger partial charge in [-0.3, -0.25) is 0 Å². The lowest BCUT2D eigenvalue weighted by Gasteiger charge is -2.11. The van der Waals surface area contributed by atoms with Gasteiger partial charge >= 0.3 is 0 Å². The molecule has 3 rings (SSSR count). The number of fused-ring (bicyclic) bond motifs is 3. The van der Waals surface area contributed by atoms with E-state index in [1.807, 2.05) is 0 Å². The highest BCUT2D eigenvalue weighted by molar-refractivity contribution is 5.78. The van der Waals surface area contributed by atoms with Gasteiger partial charge in [-0.15, -0.1) is 0 Å². The van der Waals surface area contributed by atoms with Crippen molar-refractivity contribution in [3.8, 4) is 11.1 Å². The third-order valence-electron chi connectivity index (χ3n) is 5.04. The van der Waals surface area contributed by atoms with Gasteiger partial charge in [0.25, 0.3) is 0 Å². The maximum Gasteiger partial charge on any atom is 0.167 e. The minimum Gasteiger partial charge on any atom is -0.203 e. The van der Waals surface area contributed by atoms with Gasteiger partial charge in [-0.2, -0.15) is 0 Å². The van der Waals surface area contributed by atoms with E-state index < -0.39 is 34.9 Å². The van der Waals surface area contributed by atoms with E-state index in [1.165, 1.54) is 26.0 Å². The highest BCUT2D eigenvalue weighted by atomic mass is 19.2. The summed E-state index contributed by atoms with van der Waals surface area (Å²) in [7, 11) is 0. The zero-order valence-corrected chi connectivity index (χ0v) is 16.0. The van der Waals surface area contributed by atoms with Crippen LogP contribution in [0, 0.1) is 30.2 Å². The van der Waals surface area contributed by atoms with Crippen LogP contribution >= 0.6 is 0 Å². The lowest BCUT2D eigenvalue weighted by Crippen LogP contribution is -2.01. The fourth-order valence-electron chi connectivity index (χ4n) is 3.50. The molecule has 152 valence electrons. The zero-order valence-electron chi connectivity index (χ0n) is 16.0. The molecule has 0 fully saturated rings. The number of aryl methyl sites for hydroxylation is 2. The first kappa shape index (κ1) is 21.0. The molecule has 1 aliphatic rings. The molecule has 0 saturated heterocycles. The summed E-state index contributed by atoms with van der Waals surface area (Å²) in [5.41, 5.74) is -0.201. The molecule has 0 aliphatic heterocycles. The predicted octanol–water partition coefficient (Wildman–Crippen LogP) is 7.34. The second kappa shape index (κ2) is 7.58. The summed E-state index contributed by atoms with van der Waals surface area (Å²) < 4.78 is 85.2. The second-order valence-electron chi connectivity index (χ2n) is 7.24. The van der Waals surface area contributed by atoms with Crippen molar-refractivity contribution in [3.05, 3.63) is 93.6 Å². The lowest BCUT2D eigenvalue weighted by atomic mass is 9.97. The monoisotopic (exact) mass is 408 g/mol. The summed E-state index contributed by atoms with van der Waals surface area (Å²) in [6.45, 7) is 9.42. The normalized spacial score (nSPS) is 13.1. The van der Waals surface area contributed by atoms with Crippen LogP contribution in [0.1, 0.15) is 35.6 Å². The number of hydrogen-bond acceptors (Lipinski definition) is 0. The summed E-state index contributed by atoms with van der Waals surface area (Å²) >= 11 is 0. The molecular formula is C23H18F6. The Morgan fingerprint density at radius 3 is 2.00 bits per heavy atom. The summed E-state index contributed by atoms with van der Waals surface area (Å²) in [4.78, 5) is 0. The molecule has 0 aromatic heterocycles. The second-order valence-corrected chi connectivity index (χ2v) is 7.24. The van der Waals surface area contributed by atoms with Crippen LogP contribution in [-0.4, -0.2) is 0 Å². The van der Waals surface area contributed by atoms with E-state index in [-0.39, 0.29) is 52.7 Å². The number of allylic oxidation sites excluding steroid dienone is 4. The van der Waals surface area contributed by atoms with E-state index in [1.54, 1.807) is 0 Å². The van der Waals surface area contributed by atoms with Gasteiger partial charge in [0, 0.05) is 11.1 Å². The first-order valence-corrected chi connectivity index (χ1v) is 8.91. The summed E-state index contributed by atoms with van der Waals surface area (Å²) in [5, 5.41) is 0. The molecule has 0 unspecified atom stereocenters. The van der Waals surface area contributed by atoms with Gasteiger partial charge in [-0.25, -0.2) is 26.3 Å². The molecule has 0 radical (unpaired) electrons. The van der Waals surface area contributed by atoms with E-state index in [9.17, 15) is 26.3 Å². The molecule has 0 heterocycles. The average Bonchev–Trinajstić information content (AvgIpc) is 3.04. The molecule has 0 nitrogen and oxygen atoms in total. The Bertz CT molecular complexity index is 1090. The van der Waals surface area contributed by atoms with Gasteiger partial charge in [0.2, 0.25) is 0 Å². The maximum absolute atomic E-state index is 14.7. The van der Waals surface area contributed by atoms with Crippen LogP contribution in [-0.2, 0) is 12.8 Å². The molecule has 0 saturated carbocycles. The standard InChI is InChI=1S/C23H18F6/c1-10(2)18(24)19(25)11(3)5-6-13-8-15-9-14-7-12(4)20(26)22(28)16(14)17(15)23(29)21(13)27/h7-8H,1,3,5-6,9H2,2,4H3/b19-18-. The van der Waals surface area contributed by atoms with E-state index >= 15 is 0 Å². The Balaban J connectivity index is 1.96. The number of hydrogen-bond donors (Lipinski definition) is 0.